The summed E-state index contributed by atoms with van der Waals surface area (Å²) in [5.41, 5.74) is -0.961. The Morgan fingerprint density at radius 3 is 2.45 bits per heavy atom. The van der Waals surface area contributed by atoms with E-state index in [1.54, 1.807) is 4.90 Å². The van der Waals surface area contributed by atoms with Crippen molar-refractivity contribution in [3.8, 4) is 0 Å². The van der Waals surface area contributed by atoms with E-state index in [9.17, 15) is 9.59 Å². The zero-order chi connectivity index (χ0) is 17.0. The van der Waals surface area contributed by atoms with E-state index in [2.05, 4.69) is 5.32 Å². The topological polar surface area (TPSA) is 67.9 Å². The van der Waals surface area contributed by atoms with Crippen molar-refractivity contribution < 1.29 is 19.1 Å². The molecule has 1 saturated heterocycles. The van der Waals surface area contributed by atoms with Gasteiger partial charge in [0.15, 0.2) is 0 Å². The van der Waals surface area contributed by atoms with Gasteiger partial charge in [-0.15, -0.1) is 0 Å². The van der Waals surface area contributed by atoms with Crippen LogP contribution in [0.2, 0.25) is 0 Å². The summed E-state index contributed by atoms with van der Waals surface area (Å²) in [6, 6.07) is 0.0931. The summed E-state index contributed by atoms with van der Waals surface area (Å²) in [5, 5.41) is 2.80. The molecule has 6 nitrogen and oxygen atoms in total. The molecule has 128 valence electrons. The molecule has 0 aromatic rings. The first kappa shape index (κ1) is 18.7. The Bertz CT molecular complexity index is 403. The summed E-state index contributed by atoms with van der Waals surface area (Å²) in [6.45, 7) is 12.5. The van der Waals surface area contributed by atoms with E-state index >= 15 is 0 Å². The van der Waals surface area contributed by atoms with Crippen molar-refractivity contribution in [2.24, 2.45) is 0 Å². The maximum atomic E-state index is 12.1. The second kappa shape index (κ2) is 7.31. The summed E-state index contributed by atoms with van der Waals surface area (Å²) in [6.07, 6.45) is 1.15. The van der Waals surface area contributed by atoms with Gasteiger partial charge in [0.2, 0.25) is 5.91 Å². The number of carbonyl (C=O) groups is 2. The maximum absolute atomic E-state index is 12.1. The van der Waals surface area contributed by atoms with E-state index < -0.39 is 11.2 Å². The lowest BCUT2D eigenvalue weighted by Gasteiger charge is -2.29. The molecule has 6 heteroatoms. The minimum atomic E-state index is -0.507. The molecule has 1 aliphatic heterocycles. The van der Waals surface area contributed by atoms with Crippen LogP contribution >= 0.6 is 0 Å². The van der Waals surface area contributed by atoms with Gasteiger partial charge in [0, 0.05) is 12.6 Å². The van der Waals surface area contributed by atoms with Crippen molar-refractivity contribution in [1.29, 1.82) is 0 Å². The molecule has 0 bridgehead atoms. The summed E-state index contributed by atoms with van der Waals surface area (Å²) in [7, 11) is 0. The molecule has 2 amide bonds. The first-order chi connectivity index (χ1) is 10.1. The molecule has 1 unspecified atom stereocenters. The molecular formula is C16H30N2O4. The van der Waals surface area contributed by atoms with Crippen molar-refractivity contribution in [2.75, 3.05) is 19.7 Å². The second-order valence-electron chi connectivity index (χ2n) is 7.20. The van der Waals surface area contributed by atoms with Crippen LogP contribution in [0.4, 0.5) is 4.79 Å². The lowest BCUT2D eigenvalue weighted by Crippen LogP contribution is -2.42. The van der Waals surface area contributed by atoms with Crippen molar-refractivity contribution in [3.05, 3.63) is 0 Å². The smallest absolute Gasteiger partial charge is 0.410 e. The van der Waals surface area contributed by atoms with Crippen LogP contribution in [0.25, 0.3) is 0 Å². The molecule has 0 aliphatic carbocycles. The van der Waals surface area contributed by atoms with Crippen molar-refractivity contribution in [1.82, 2.24) is 10.2 Å². The summed E-state index contributed by atoms with van der Waals surface area (Å²) >= 11 is 0. The standard InChI is InChI=1S/C16H30N2O4/c1-7-16(21-10-13(19)17-12(2)3)8-9-18(11-16)14(20)22-15(4,5)6/h12H,7-11H2,1-6H3,(H,17,19). The fourth-order valence-electron chi connectivity index (χ4n) is 2.42. The van der Waals surface area contributed by atoms with E-state index in [1.807, 2.05) is 41.5 Å². The van der Waals surface area contributed by atoms with Crippen LogP contribution in [0, 0.1) is 0 Å². The zero-order valence-corrected chi connectivity index (χ0v) is 14.7. The van der Waals surface area contributed by atoms with Crippen LogP contribution in [-0.4, -0.2) is 53.8 Å². The zero-order valence-electron chi connectivity index (χ0n) is 14.7. The summed E-state index contributed by atoms with van der Waals surface area (Å²) < 4.78 is 11.2. The number of rotatable bonds is 5. The molecule has 0 aromatic carbocycles. The molecule has 0 aromatic heterocycles. The highest BCUT2D eigenvalue weighted by Gasteiger charge is 2.41. The number of carbonyl (C=O) groups excluding carboxylic acids is 2. The van der Waals surface area contributed by atoms with Crippen molar-refractivity contribution in [3.63, 3.8) is 0 Å². The molecule has 1 aliphatic rings. The summed E-state index contributed by atoms with van der Waals surface area (Å²) in [5.74, 6) is -0.126. The Balaban J connectivity index is 2.55. The van der Waals surface area contributed by atoms with Crippen LogP contribution in [0.1, 0.15) is 54.4 Å². The molecule has 0 saturated carbocycles. The lowest BCUT2D eigenvalue weighted by atomic mass is 10.00. The van der Waals surface area contributed by atoms with E-state index in [0.29, 0.717) is 13.1 Å². The monoisotopic (exact) mass is 314 g/mol. The average Bonchev–Trinajstić information content (AvgIpc) is 2.79. The first-order valence-electron chi connectivity index (χ1n) is 7.98. The quantitative estimate of drug-likeness (QED) is 0.845. The number of hydrogen-bond acceptors (Lipinski definition) is 4. The number of hydrogen-bond donors (Lipinski definition) is 1. The van der Waals surface area contributed by atoms with Crippen LogP contribution in [0.3, 0.4) is 0 Å². The van der Waals surface area contributed by atoms with Gasteiger partial charge in [-0.3, -0.25) is 4.79 Å². The Morgan fingerprint density at radius 1 is 1.32 bits per heavy atom. The number of likely N-dealkylation sites (tertiary alicyclic amines) is 1. The largest absolute Gasteiger partial charge is 0.444 e. The Morgan fingerprint density at radius 2 is 1.95 bits per heavy atom. The van der Waals surface area contributed by atoms with Gasteiger partial charge in [-0.05, 0) is 47.5 Å². The number of amides is 2. The SMILES string of the molecule is CCC1(OCC(=O)NC(C)C)CCN(C(=O)OC(C)(C)C)C1. The molecule has 0 spiro atoms. The van der Waals surface area contributed by atoms with Crippen LogP contribution in [-0.2, 0) is 14.3 Å². The van der Waals surface area contributed by atoms with Gasteiger partial charge < -0.3 is 19.7 Å². The van der Waals surface area contributed by atoms with Crippen LogP contribution in [0.5, 0.6) is 0 Å². The molecule has 1 heterocycles. The minimum Gasteiger partial charge on any atom is -0.444 e. The van der Waals surface area contributed by atoms with Gasteiger partial charge in [-0.2, -0.15) is 0 Å². The lowest BCUT2D eigenvalue weighted by molar-refractivity contribution is -0.133. The van der Waals surface area contributed by atoms with Crippen molar-refractivity contribution in [2.45, 2.75) is 71.6 Å². The average molecular weight is 314 g/mol. The Labute approximate surface area is 133 Å². The normalized spacial score (nSPS) is 22.0. The van der Waals surface area contributed by atoms with Gasteiger partial charge in [0.25, 0.3) is 0 Å². The molecule has 22 heavy (non-hydrogen) atoms. The predicted octanol–water partition coefficient (Wildman–Crippen LogP) is 2.32. The van der Waals surface area contributed by atoms with Gasteiger partial charge in [0.05, 0.1) is 12.1 Å². The van der Waals surface area contributed by atoms with E-state index in [1.165, 1.54) is 0 Å². The van der Waals surface area contributed by atoms with Gasteiger partial charge in [-0.25, -0.2) is 4.79 Å². The van der Waals surface area contributed by atoms with E-state index in [4.69, 9.17) is 9.47 Å². The van der Waals surface area contributed by atoms with Crippen LogP contribution in [0.15, 0.2) is 0 Å². The molecule has 1 atom stereocenters. The van der Waals surface area contributed by atoms with E-state index in [0.717, 1.165) is 12.8 Å². The highest BCUT2D eigenvalue weighted by molar-refractivity contribution is 5.77. The maximum Gasteiger partial charge on any atom is 0.410 e. The molecular weight excluding hydrogens is 284 g/mol. The highest BCUT2D eigenvalue weighted by Crippen LogP contribution is 2.29. The molecule has 1 fully saturated rings. The first-order valence-corrected chi connectivity index (χ1v) is 7.98. The number of nitrogens with one attached hydrogen (secondary N) is 1. The third-order valence-electron chi connectivity index (χ3n) is 3.57. The highest BCUT2D eigenvalue weighted by atomic mass is 16.6. The Hall–Kier alpha value is -1.30. The predicted molar refractivity (Wildman–Crippen MR) is 84.7 cm³/mol. The van der Waals surface area contributed by atoms with Gasteiger partial charge in [-0.1, -0.05) is 6.92 Å². The number of nitrogens with zero attached hydrogens (tertiary/aromatic N) is 1. The van der Waals surface area contributed by atoms with Crippen LogP contribution < -0.4 is 5.32 Å². The number of ether oxygens (including phenoxy) is 2. The minimum absolute atomic E-state index is 0.0220. The molecule has 0 radical (unpaired) electrons. The second-order valence-corrected chi connectivity index (χ2v) is 7.20. The van der Waals surface area contributed by atoms with Gasteiger partial charge in [0.1, 0.15) is 12.2 Å². The molecule has 1 rings (SSSR count). The fraction of sp³-hybridized carbons (Fsp3) is 0.875. The Kier molecular flexibility index (Phi) is 6.23. The van der Waals surface area contributed by atoms with Crippen molar-refractivity contribution >= 4 is 12.0 Å². The fourth-order valence-corrected chi connectivity index (χ4v) is 2.42. The third-order valence-corrected chi connectivity index (χ3v) is 3.57. The third kappa shape index (κ3) is 5.83. The summed E-state index contributed by atoms with van der Waals surface area (Å²) in [4.78, 5) is 25.5. The van der Waals surface area contributed by atoms with E-state index in [-0.39, 0.29) is 24.6 Å². The van der Waals surface area contributed by atoms with Gasteiger partial charge >= 0.3 is 6.09 Å². The molecule has 1 N–H and O–H groups in total.